The van der Waals surface area contributed by atoms with Gasteiger partial charge in [-0.1, -0.05) is 12.1 Å². The number of hydrogen-bond acceptors (Lipinski definition) is 2. The highest BCUT2D eigenvalue weighted by Crippen LogP contribution is 2.16. The van der Waals surface area contributed by atoms with Crippen molar-refractivity contribution in [3.05, 3.63) is 35.6 Å². The molecule has 0 amide bonds. The van der Waals surface area contributed by atoms with Crippen LogP contribution in [0.1, 0.15) is 12.5 Å². The van der Waals surface area contributed by atoms with Gasteiger partial charge in [-0.3, -0.25) is 0 Å². The zero-order valence-electron chi connectivity index (χ0n) is 8.59. The number of benzene rings is 1. The van der Waals surface area contributed by atoms with E-state index in [1.807, 2.05) is 13.0 Å². The summed E-state index contributed by atoms with van der Waals surface area (Å²) in [7, 11) is 1.62. The van der Waals surface area contributed by atoms with Gasteiger partial charge < -0.3 is 10.5 Å². The summed E-state index contributed by atoms with van der Waals surface area (Å²) < 4.78 is 18.2. The second-order valence-corrected chi connectivity index (χ2v) is 3.66. The van der Waals surface area contributed by atoms with Crippen molar-refractivity contribution < 1.29 is 9.13 Å². The maximum absolute atomic E-state index is 12.9. The third-order valence-electron chi connectivity index (χ3n) is 2.39. The molecule has 0 aliphatic carbocycles. The molecule has 1 rings (SSSR count). The van der Waals surface area contributed by atoms with E-state index >= 15 is 0 Å². The molecule has 0 fully saturated rings. The fraction of sp³-hybridized carbons (Fsp3) is 0.455. The molecule has 1 atom stereocenters. The third-order valence-corrected chi connectivity index (χ3v) is 2.39. The molecule has 0 saturated carbocycles. The van der Waals surface area contributed by atoms with E-state index < -0.39 is 5.60 Å². The van der Waals surface area contributed by atoms with Gasteiger partial charge in [-0.15, -0.1) is 0 Å². The number of halogens is 1. The lowest BCUT2D eigenvalue weighted by molar-refractivity contribution is 0.0143. The molecule has 3 heteroatoms. The third kappa shape index (κ3) is 2.79. The Balaban J connectivity index is 2.77. The van der Waals surface area contributed by atoms with Crippen LogP contribution >= 0.6 is 0 Å². The molecule has 0 aromatic heterocycles. The first-order chi connectivity index (χ1) is 6.59. The van der Waals surface area contributed by atoms with Crippen LogP contribution in [0.3, 0.4) is 0 Å². The van der Waals surface area contributed by atoms with Gasteiger partial charge in [0.05, 0.1) is 5.60 Å². The van der Waals surface area contributed by atoms with E-state index in [1.54, 1.807) is 13.2 Å². The standard InChI is InChI=1S/C11H16FNO/c1-11(8-13,14-2)7-9-4-3-5-10(12)6-9/h3-6H,7-8,13H2,1-2H3. The van der Waals surface area contributed by atoms with E-state index in [0.29, 0.717) is 13.0 Å². The molecule has 0 heterocycles. The Kier molecular flexibility index (Phi) is 3.61. The van der Waals surface area contributed by atoms with E-state index in [2.05, 4.69) is 0 Å². The van der Waals surface area contributed by atoms with Crippen LogP contribution in [0.4, 0.5) is 4.39 Å². The molecule has 78 valence electrons. The zero-order chi connectivity index (χ0) is 10.6. The molecule has 0 saturated heterocycles. The Morgan fingerprint density at radius 2 is 2.21 bits per heavy atom. The second kappa shape index (κ2) is 4.53. The largest absolute Gasteiger partial charge is 0.377 e. The smallest absolute Gasteiger partial charge is 0.123 e. The highest BCUT2D eigenvalue weighted by Gasteiger charge is 2.21. The van der Waals surface area contributed by atoms with Gasteiger partial charge in [-0.2, -0.15) is 0 Å². The maximum atomic E-state index is 12.9. The Hall–Kier alpha value is -0.930. The first-order valence-corrected chi connectivity index (χ1v) is 4.59. The van der Waals surface area contributed by atoms with E-state index in [0.717, 1.165) is 5.56 Å². The molecule has 0 bridgehead atoms. The number of methoxy groups -OCH3 is 1. The molecule has 2 nitrogen and oxygen atoms in total. The summed E-state index contributed by atoms with van der Waals surface area (Å²) in [6.45, 7) is 2.33. The summed E-state index contributed by atoms with van der Waals surface area (Å²) in [5, 5.41) is 0. The average molecular weight is 197 g/mol. The monoisotopic (exact) mass is 197 g/mol. The molecule has 1 aromatic carbocycles. The minimum atomic E-state index is -0.409. The fourth-order valence-electron chi connectivity index (χ4n) is 1.31. The van der Waals surface area contributed by atoms with Crippen molar-refractivity contribution in [1.82, 2.24) is 0 Å². The van der Waals surface area contributed by atoms with Crippen LogP contribution in [0.2, 0.25) is 0 Å². The lowest BCUT2D eigenvalue weighted by Gasteiger charge is -2.26. The predicted octanol–water partition coefficient (Wildman–Crippen LogP) is 1.73. The fourth-order valence-corrected chi connectivity index (χ4v) is 1.31. The quantitative estimate of drug-likeness (QED) is 0.797. The van der Waals surface area contributed by atoms with Gasteiger partial charge >= 0.3 is 0 Å². The normalized spacial score (nSPS) is 15.1. The summed E-state index contributed by atoms with van der Waals surface area (Å²) >= 11 is 0. The number of nitrogens with two attached hydrogens (primary N) is 1. The van der Waals surface area contributed by atoms with Crippen LogP contribution in [-0.2, 0) is 11.2 Å². The summed E-state index contributed by atoms with van der Waals surface area (Å²) in [5.41, 5.74) is 6.08. The number of ether oxygens (including phenoxy) is 1. The maximum Gasteiger partial charge on any atom is 0.123 e. The van der Waals surface area contributed by atoms with Gasteiger partial charge in [0.1, 0.15) is 5.82 Å². The molecule has 0 radical (unpaired) electrons. The molecule has 1 aromatic rings. The number of rotatable bonds is 4. The van der Waals surface area contributed by atoms with E-state index in [4.69, 9.17) is 10.5 Å². The van der Waals surface area contributed by atoms with Crippen molar-refractivity contribution in [2.45, 2.75) is 18.9 Å². The average Bonchev–Trinajstić information content (AvgIpc) is 2.18. The van der Waals surface area contributed by atoms with Crippen LogP contribution in [0.5, 0.6) is 0 Å². The predicted molar refractivity (Wildman–Crippen MR) is 54.6 cm³/mol. The molecule has 0 aliphatic heterocycles. The van der Waals surface area contributed by atoms with Crippen LogP contribution in [0.15, 0.2) is 24.3 Å². The van der Waals surface area contributed by atoms with Crippen LogP contribution < -0.4 is 5.73 Å². The van der Waals surface area contributed by atoms with Gasteiger partial charge in [-0.25, -0.2) is 4.39 Å². The van der Waals surface area contributed by atoms with Crippen molar-refractivity contribution >= 4 is 0 Å². The van der Waals surface area contributed by atoms with E-state index in [-0.39, 0.29) is 5.82 Å². The summed E-state index contributed by atoms with van der Waals surface area (Å²) in [6, 6.07) is 6.50. The van der Waals surface area contributed by atoms with Crippen molar-refractivity contribution in [3.63, 3.8) is 0 Å². The van der Waals surface area contributed by atoms with E-state index in [1.165, 1.54) is 12.1 Å². The molecular weight excluding hydrogens is 181 g/mol. The van der Waals surface area contributed by atoms with Gasteiger partial charge in [-0.05, 0) is 24.6 Å². The molecule has 14 heavy (non-hydrogen) atoms. The first kappa shape index (κ1) is 11.1. The van der Waals surface area contributed by atoms with Crippen LogP contribution in [0, 0.1) is 5.82 Å². The highest BCUT2D eigenvalue weighted by atomic mass is 19.1. The van der Waals surface area contributed by atoms with Gasteiger partial charge in [0, 0.05) is 20.1 Å². The summed E-state index contributed by atoms with van der Waals surface area (Å²) in [4.78, 5) is 0. The van der Waals surface area contributed by atoms with Gasteiger partial charge in [0.25, 0.3) is 0 Å². The van der Waals surface area contributed by atoms with Gasteiger partial charge in [0.15, 0.2) is 0 Å². The number of hydrogen-bond donors (Lipinski definition) is 1. The second-order valence-electron chi connectivity index (χ2n) is 3.66. The Morgan fingerprint density at radius 1 is 1.50 bits per heavy atom. The van der Waals surface area contributed by atoms with Crippen molar-refractivity contribution in [1.29, 1.82) is 0 Å². The lowest BCUT2D eigenvalue weighted by Crippen LogP contribution is -2.38. The Morgan fingerprint density at radius 3 is 2.71 bits per heavy atom. The first-order valence-electron chi connectivity index (χ1n) is 4.59. The molecule has 0 aliphatic rings. The minimum absolute atomic E-state index is 0.224. The SMILES string of the molecule is COC(C)(CN)Cc1cccc(F)c1. The van der Waals surface area contributed by atoms with Gasteiger partial charge in [0.2, 0.25) is 0 Å². The summed E-state index contributed by atoms with van der Waals surface area (Å²) in [5.74, 6) is -0.224. The lowest BCUT2D eigenvalue weighted by atomic mass is 9.96. The Bertz CT molecular complexity index is 297. The Labute approximate surface area is 83.9 Å². The van der Waals surface area contributed by atoms with Crippen molar-refractivity contribution in [3.8, 4) is 0 Å². The molecular formula is C11H16FNO. The van der Waals surface area contributed by atoms with Crippen molar-refractivity contribution in [2.24, 2.45) is 5.73 Å². The van der Waals surface area contributed by atoms with Crippen LogP contribution in [-0.4, -0.2) is 19.3 Å². The molecule has 2 N–H and O–H groups in total. The molecule has 1 unspecified atom stereocenters. The topological polar surface area (TPSA) is 35.2 Å². The highest BCUT2D eigenvalue weighted by molar-refractivity contribution is 5.18. The van der Waals surface area contributed by atoms with Crippen LogP contribution in [0.25, 0.3) is 0 Å². The minimum Gasteiger partial charge on any atom is -0.377 e. The molecule has 0 spiro atoms. The summed E-state index contributed by atoms with van der Waals surface area (Å²) in [6.07, 6.45) is 0.623. The van der Waals surface area contributed by atoms with E-state index in [9.17, 15) is 4.39 Å². The van der Waals surface area contributed by atoms with Crippen molar-refractivity contribution in [2.75, 3.05) is 13.7 Å². The zero-order valence-corrected chi connectivity index (χ0v) is 8.59.